The first-order valence-electron chi connectivity index (χ1n) is 9.05. The maximum Gasteiger partial charge on any atom is 0.220 e. The molecular formula is C18H28N6O2. The summed E-state index contributed by atoms with van der Waals surface area (Å²) in [5, 5.41) is 5.79. The van der Waals surface area contributed by atoms with Crippen LogP contribution in [0.1, 0.15) is 37.3 Å². The van der Waals surface area contributed by atoms with Gasteiger partial charge in [-0.05, 0) is 26.7 Å². The maximum absolute atomic E-state index is 11.8. The van der Waals surface area contributed by atoms with Crippen molar-refractivity contribution in [1.29, 1.82) is 0 Å². The zero-order valence-corrected chi connectivity index (χ0v) is 15.6. The number of carbonyl (C=O) groups is 2. The maximum atomic E-state index is 11.8. The predicted molar refractivity (Wildman–Crippen MR) is 98.4 cm³/mol. The van der Waals surface area contributed by atoms with Crippen LogP contribution in [0.3, 0.4) is 0 Å². The van der Waals surface area contributed by atoms with E-state index in [9.17, 15) is 9.59 Å². The number of nitrogens with one attached hydrogen (secondary N) is 2. The summed E-state index contributed by atoms with van der Waals surface area (Å²) in [5.41, 5.74) is 0. The Morgan fingerprint density at radius 3 is 1.62 bits per heavy atom. The predicted octanol–water partition coefficient (Wildman–Crippen LogP) is 1.19. The first-order chi connectivity index (χ1) is 12.6. The van der Waals surface area contributed by atoms with E-state index in [1.54, 1.807) is 12.4 Å². The Balaban J connectivity index is 1.47. The lowest BCUT2D eigenvalue weighted by molar-refractivity contribution is -0.123. The molecule has 0 aliphatic rings. The molecule has 0 saturated carbocycles. The SMILES string of the molecule is Cc1nccn1CCNC(=O)CCCCC(=O)NCCn1ccnc1C. The molecule has 0 spiro atoms. The van der Waals surface area contributed by atoms with E-state index in [2.05, 4.69) is 20.6 Å². The number of aryl methyl sites for hydroxylation is 2. The van der Waals surface area contributed by atoms with E-state index in [4.69, 9.17) is 0 Å². The number of hydrogen-bond donors (Lipinski definition) is 2. The second-order valence-electron chi connectivity index (χ2n) is 6.24. The van der Waals surface area contributed by atoms with E-state index in [0.717, 1.165) is 24.7 Å². The van der Waals surface area contributed by atoms with Gasteiger partial charge >= 0.3 is 0 Å². The minimum Gasteiger partial charge on any atom is -0.354 e. The molecule has 2 N–H and O–H groups in total. The number of hydrogen-bond acceptors (Lipinski definition) is 4. The van der Waals surface area contributed by atoms with E-state index >= 15 is 0 Å². The number of amides is 2. The quantitative estimate of drug-likeness (QED) is 0.589. The zero-order chi connectivity index (χ0) is 18.8. The average Bonchev–Trinajstić information content (AvgIpc) is 3.20. The summed E-state index contributed by atoms with van der Waals surface area (Å²) in [5.74, 6) is 1.93. The largest absolute Gasteiger partial charge is 0.354 e. The molecule has 0 atom stereocenters. The number of aromatic nitrogens is 4. The number of carbonyl (C=O) groups excluding carboxylic acids is 2. The molecule has 0 aliphatic heterocycles. The van der Waals surface area contributed by atoms with Gasteiger partial charge in [-0.3, -0.25) is 9.59 Å². The van der Waals surface area contributed by atoms with Crippen LogP contribution in [0.25, 0.3) is 0 Å². The molecule has 2 aromatic rings. The van der Waals surface area contributed by atoms with Crippen LogP contribution < -0.4 is 10.6 Å². The molecule has 8 nitrogen and oxygen atoms in total. The van der Waals surface area contributed by atoms with E-state index in [1.807, 2.05) is 35.4 Å². The summed E-state index contributed by atoms with van der Waals surface area (Å²) in [6.45, 7) is 6.48. The van der Waals surface area contributed by atoms with Gasteiger partial charge in [0, 0.05) is 63.8 Å². The molecule has 26 heavy (non-hydrogen) atoms. The van der Waals surface area contributed by atoms with Gasteiger partial charge in [-0.25, -0.2) is 9.97 Å². The van der Waals surface area contributed by atoms with Crippen LogP contribution in [0.2, 0.25) is 0 Å². The molecular weight excluding hydrogens is 332 g/mol. The van der Waals surface area contributed by atoms with Crippen molar-refractivity contribution in [3.8, 4) is 0 Å². The fraction of sp³-hybridized carbons (Fsp3) is 0.556. The third-order valence-corrected chi connectivity index (χ3v) is 4.25. The lowest BCUT2D eigenvalue weighted by Crippen LogP contribution is -2.28. The van der Waals surface area contributed by atoms with Crippen molar-refractivity contribution < 1.29 is 9.59 Å². The smallest absolute Gasteiger partial charge is 0.220 e. The lowest BCUT2D eigenvalue weighted by Gasteiger charge is -2.08. The van der Waals surface area contributed by atoms with Gasteiger partial charge in [-0.2, -0.15) is 0 Å². The van der Waals surface area contributed by atoms with Crippen LogP contribution >= 0.6 is 0 Å². The number of imidazole rings is 2. The van der Waals surface area contributed by atoms with Gasteiger partial charge in [0.05, 0.1) is 0 Å². The summed E-state index contributed by atoms with van der Waals surface area (Å²) in [6.07, 6.45) is 9.61. The molecule has 0 saturated heterocycles. The molecule has 0 bridgehead atoms. The summed E-state index contributed by atoms with van der Waals surface area (Å²) < 4.78 is 3.99. The highest BCUT2D eigenvalue weighted by molar-refractivity contribution is 5.77. The van der Waals surface area contributed by atoms with Crippen LogP contribution in [0, 0.1) is 13.8 Å². The zero-order valence-electron chi connectivity index (χ0n) is 15.6. The third-order valence-electron chi connectivity index (χ3n) is 4.25. The van der Waals surface area contributed by atoms with Crippen molar-refractivity contribution >= 4 is 11.8 Å². The first kappa shape index (κ1) is 19.7. The number of rotatable bonds is 11. The minimum absolute atomic E-state index is 0.0266. The first-order valence-corrected chi connectivity index (χ1v) is 9.05. The number of unbranched alkanes of at least 4 members (excludes halogenated alkanes) is 1. The highest BCUT2D eigenvalue weighted by atomic mass is 16.2. The van der Waals surface area contributed by atoms with E-state index < -0.39 is 0 Å². The van der Waals surface area contributed by atoms with Gasteiger partial charge in [0.2, 0.25) is 11.8 Å². The Morgan fingerprint density at radius 1 is 0.846 bits per heavy atom. The Bertz CT molecular complexity index is 646. The molecule has 8 heteroatoms. The third kappa shape index (κ3) is 6.70. The van der Waals surface area contributed by atoms with Crippen LogP contribution in [-0.2, 0) is 22.7 Å². The van der Waals surface area contributed by atoms with Gasteiger partial charge in [-0.15, -0.1) is 0 Å². The molecule has 2 aromatic heterocycles. The van der Waals surface area contributed by atoms with Crippen LogP contribution in [-0.4, -0.2) is 44.0 Å². The second kappa shape index (κ2) is 10.4. The summed E-state index contributed by atoms with van der Waals surface area (Å²) in [7, 11) is 0. The van der Waals surface area contributed by atoms with E-state index in [-0.39, 0.29) is 11.8 Å². The molecule has 0 aromatic carbocycles. The minimum atomic E-state index is 0.0266. The van der Waals surface area contributed by atoms with Gasteiger partial charge in [-0.1, -0.05) is 0 Å². The van der Waals surface area contributed by atoms with Crippen molar-refractivity contribution in [3.05, 3.63) is 36.4 Å². The highest BCUT2D eigenvalue weighted by Crippen LogP contribution is 2.00. The van der Waals surface area contributed by atoms with Crippen molar-refractivity contribution in [2.45, 2.75) is 52.6 Å². The van der Waals surface area contributed by atoms with Crippen molar-refractivity contribution in [2.24, 2.45) is 0 Å². The van der Waals surface area contributed by atoms with Crippen molar-refractivity contribution in [2.75, 3.05) is 13.1 Å². The highest BCUT2D eigenvalue weighted by Gasteiger charge is 2.05. The molecule has 0 radical (unpaired) electrons. The number of nitrogens with zero attached hydrogens (tertiary/aromatic N) is 4. The topological polar surface area (TPSA) is 93.8 Å². The molecule has 2 heterocycles. The van der Waals surface area contributed by atoms with E-state index in [0.29, 0.717) is 38.8 Å². The van der Waals surface area contributed by atoms with Crippen LogP contribution in [0.15, 0.2) is 24.8 Å². The Hall–Kier alpha value is -2.64. The van der Waals surface area contributed by atoms with Crippen LogP contribution in [0.5, 0.6) is 0 Å². The molecule has 2 amide bonds. The normalized spacial score (nSPS) is 10.7. The average molecular weight is 360 g/mol. The molecule has 2 rings (SSSR count). The molecule has 0 aliphatic carbocycles. The summed E-state index contributed by atoms with van der Waals surface area (Å²) in [6, 6.07) is 0. The second-order valence-corrected chi connectivity index (χ2v) is 6.24. The standard InChI is InChI=1S/C18H28N6O2/c1-15-19-7-11-23(15)13-9-21-17(25)5-3-4-6-18(26)22-10-14-24-12-8-20-16(24)2/h7-8,11-12H,3-6,9-10,13-14H2,1-2H3,(H,21,25)(H,22,26). The molecule has 0 unspecified atom stereocenters. The Labute approximate surface area is 154 Å². The fourth-order valence-electron chi connectivity index (χ4n) is 2.66. The Morgan fingerprint density at radius 2 is 1.27 bits per heavy atom. The van der Waals surface area contributed by atoms with Gasteiger partial charge in [0.15, 0.2) is 0 Å². The van der Waals surface area contributed by atoms with Gasteiger partial charge < -0.3 is 19.8 Å². The van der Waals surface area contributed by atoms with Crippen molar-refractivity contribution in [3.63, 3.8) is 0 Å². The Kier molecular flexibility index (Phi) is 7.85. The summed E-state index contributed by atoms with van der Waals surface area (Å²) >= 11 is 0. The van der Waals surface area contributed by atoms with Gasteiger partial charge in [0.25, 0.3) is 0 Å². The van der Waals surface area contributed by atoms with E-state index in [1.165, 1.54) is 0 Å². The lowest BCUT2D eigenvalue weighted by atomic mass is 10.2. The van der Waals surface area contributed by atoms with Gasteiger partial charge in [0.1, 0.15) is 11.6 Å². The monoisotopic (exact) mass is 360 g/mol. The summed E-state index contributed by atoms with van der Waals surface area (Å²) in [4.78, 5) is 31.9. The molecule has 142 valence electrons. The van der Waals surface area contributed by atoms with Crippen LogP contribution in [0.4, 0.5) is 0 Å². The fourth-order valence-corrected chi connectivity index (χ4v) is 2.66. The van der Waals surface area contributed by atoms with Crippen molar-refractivity contribution in [1.82, 2.24) is 29.7 Å². The molecule has 0 fully saturated rings.